The van der Waals surface area contributed by atoms with Gasteiger partial charge in [-0.25, -0.2) is 0 Å². The van der Waals surface area contributed by atoms with Gasteiger partial charge in [0.2, 0.25) is 11.0 Å². The molecule has 0 saturated carbocycles. The van der Waals surface area contributed by atoms with Crippen molar-refractivity contribution in [3.05, 3.63) is 33.8 Å². The minimum absolute atomic E-state index is 0.0736. The predicted octanol–water partition coefficient (Wildman–Crippen LogP) is 4.88. The van der Waals surface area contributed by atoms with Crippen LogP contribution in [0.25, 0.3) is 0 Å². The summed E-state index contributed by atoms with van der Waals surface area (Å²) < 4.78 is 0.767. The average molecular weight is 419 g/mol. The van der Waals surface area contributed by atoms with Gasteiger partial charge in [0.05, 0.1) is 21.8 Å². The number of anilines is 1. The second-order valence-corrected chi connectivity index (χ2v) is 8.91. The number of thioether (sulfide) groups is 1. The van der Waals surface area contributed by atoms with Crippen molar-refractivity contribution < 1.29 is 4.79 Å². The van der Waals surface area contributed by atoms with E-state index in [1.54, 1.807) is 12.1 Å². The van der Waals surface area contributed by atoms with Crippen LogP contribution in [0.5, 0.6) is 0 Å². The van der Waals surface area contributed by atoms with E-state index in [2.05, 4.69) is 34.7 Å². The zero-order valence-electron chi connectivity index (χ0n) is 14.2. The first-order valence-electron chi connectivity index (χ1n) is 7.79. The van der Waals surface area contributed by atoms with Gasteiger partial charge in [-0.2, -0.15) is 0 Å². The van der Waals surface area contributed by atoms with Gasteiger partial charge >= 0.3 is 0 Å². The van der Waals surface area contributed by atoms with Gasteiger partial charge in [0.25, 0.3) is 0 Å². The Morgan fingerprint density at radius 2 is 2.00 bits per heavy atom. The number of halogens is 2. The fourth-order valence-corrected chi connectivity index (χ4v) is 3.78. The molecule has 2 N–H and O–H groups in total. The minimum atomic E-state index is -0.152. The molecule has 0 saturated heterocycles. The van der Waals surface area contributed by atoms with Crippen molar-refractivity contribution in [2.75, 3.05) is 17.6 Å². The number of benzene rings is 1. The Morgan fingerprint density at radius 3 is 2.68 bits per heavy atom. The Balaban J connectivity index is 1.81. The predicted molar refractivity (Wildman–Crippen MR) is 107 cm³/mol. The lowest BCUT2D eigenvalue weighted by Crippen LogP contribution is -2.28. The average Bonchev–Trinajstić information content (AvgIpc) is 3.01. The van der Waals surface area contributed by atoms with Crippen molar-refractivity contribution in [1.82, 2.24) is 15.5 Å². The SMILES string of the molecule is CC(C)CNc1nnc(SCC(=O)NC(C)c2ccc(Cl)c(Cl)c2)s1. The number of aromatic nitrogens is 2. The van der Waals surface area contributed by atoms with Crippen LogP contribution in [0.3, 0.4) is 0 Å². The molecule has 2 rings (SSSR count). The van der Waals surface area contributed by atoms with Crippen LogP contribution in [0.15, 0.2) is 22.5 Å². The van der Waals surface area contributed by atoms with Crippen molar-refractivity contribution in [2.45, 2.75) is 31.2 Å². The Morgan fingerprint density at radius 1 is 1.24 bits per heavy atom. The molecule has 0 aliphatic carbocycles. The van der Waals surface area contributed by atoms with Crippen molar-refractivity contribution in [3.63, 3.8) is 0 Å². The van der Waals surface area contributed by atoms with E-state index in [0.717, 1.165) is 21.6 Å². The number of hydrogen-bond acceptors (Lipinski definition) is 6. The van der Waals surface area contributed by atoms with Crippen LogP contribution >= 0.6 is 46.3 Å². The Kier molecular flexibility index (Phi) is 7.81. The lowest BCUT2D eigenvalue weighted by atomic mass is 10.1. The summed E-state index contributed by atoms with van der Waals surface area (Å²) in [6.45, 7) is 7.01. The van der Waals surface area contributed by atoms with E-state index in [1.807, 2.05) is 13.0 Å². The Hall–Kier alpha value is -1.02. The van der Waals surface area contributed by atoms with Crippen LogP contribution in [0.2, 0.25) is 10.0 Å². The molecule has 5 nitrogen and oxygen atoms in total. The molecule has 1 aromatic heterocycles. The molecule has 1 atom stereocenters. The zero-order chi connectivity index (χ0) is 18.4. The highest BCUT2D eigenvalue weighted by molar-refractivity contribution is 8.01. The fourth-order valence-electron chi connectivity index (χ4n) is 1.91. The molecule has 1 unspecified atom stereocenters. The second-order valence-electron chi connectivity index (χ2n) is 5.90. The molecule has 0 bridgehead atoms. The highest BCUT2D eigenvalue weighted by Crippen LogP contribution is 2.27. The molecule has 1 heterocycles. The number of carbonyl (C=O) groups is 1. The number of carbonyl (C=O) groups excluding carboxylic acids is 1. The molecule has 1 amide bonds. The summed E-state index contributed by atoms with van der Waals surface area (Å²) >= 11 is 14.8. The highest BCUT2D eigenvalue weighted by atomic mass is 35.5. The lowest BCUT2D eigenvalue weighted by Gasteiger charge is -2.14. The summed E-state index contributed by atoms with van der Waals surface area (Å²) in [5.41, 5.74) is 0.906. The molecular weight excluding hydrogens is 399 g/mol. The maximum Gasteiger partial charge on any atom is 0.230 e. The van der Waals surface area contributed by atoms with Gasteiger partial charge in [-0.05, 0) is 30.5 Å². The molecule has 9 heteroatoms. The second kappa shape index (κ2) is 9.62. The Bertz CT molecular complexity index is 724. The van der Waals surface area contributed by atoms with Gasteiger partial charge in [-0.3, -0.25) is 4.79 Å². The summed E-state index contributed by atoms with van der Waals surface area (Å²) in [6, 6.07) is 5.19. The van der Waals surface area contributed by atoms with Crippen LogP contribution in [-0.2, 0) is 4.79 Å². The van der Waals surface area contributed by atoms with Crippen LogP contribution < -0.4 is 10.6 Å². The van der Waals surface area contributed by atoms with Crippen molar-refractivity contribution >= 4 is 57.3 Å². The maximum absolute atomic E-state index is 12.1. The highest BCUT2D eigenvalue weighted by Gasteiger charge is 2.13. The largest absolute Gasteiger partial charge is 0.360 e. The first kappa shape index (κ1) is 20.3. The first-order chi connectivity index (χ1) is 11.8. The molecule has 0 spiro atoms. The summed E-state index contributed by atoms with van der Waals surface area (Å²) in [5, 5.41) is 16.1. The molecule has 0 fully saturated rings. The van der Waals surface area contributed by atoms with E-state index in [0.29, 0.717) is 16.0 Å². The van der Waals surface area contributed by atoms with Crippen molar-refractivity contribution in [1.29, 1.82) is 0 Å². The number of nitrogens with one attached hydrogen (secondary N) is 2. The fraction of sp³-hybridized carbons (Fsp3) is 0.438. The molecule has 0 aliphatic rings. The van der Waals surface area contributed by atoms with Gasteiger partial charge in [-0.1, -0.05) is 66.2 Å². The van der Waals surface area contributed by atoms with Gasteiger partial charge in [0.15, 0.2) is 4.34 Å². The smallest absolute Gasteiger partial charge is 0.230 e. The monoisotopic (exact) mass is 418 g/mol. The third kappa shape index (κ3) is 6.66. The number of amides is 1. The third-order valence-corrected chi connectivity index (χ3v) is 5.97. The van der Waals surface area contributed by atoms with Crippen LogP contribution in [0, 0.1) is 5.92 Å². The maximum atomic E-state index is 12.1. The van der Waals surface area contributed by atoms with Gasteiger partial charge in [0, 0.05) is 6.54 Å². The molecule has 0 radical (unpaired) electrons. The lowest BCUT2D eigenvalue weighted by molar-refractivity contribution is -0.119. The minimum Gasteiger partial charge on any atom is -0.360 e. The van der Waals surface area contributed by atoms with Crippen LogP contribution in [0.1, 0.15) is 32.4 Å². The molecule has 0 aliphatic heterocycles. The number of hydrogen-bond donors (Lipinski definition) is 2. The molecule has 136 valence electrons. The van der Waals surface area contributed by atoms with E-state index in [9.17, 15) is 4.79 Å². The van der Waals surface area contributed by atoms with E-state index >= 15 is 0 Å². The van der Waals surface area contributed by atoms with Gasteiger partial charge < -0.3 is 10.6 Å². The molecule has 25 heavy (non-hydrogen) atoms. The Labute approximate surface area is 165 Å². The summed E-state index contributed by atoms with van der Waals surface area (Å²) in [6.07, 6.45) is 0. The zero-order valence-corrected chi connectivity index (χ0v) is 17.3. The molecule has 2 aromatic rings. The third-order valence-electron chi connectivity index (χ3n) is 3.22. The van der Waals surface area contributed by atoms with Gasteiger partial charge in [-0.15, -0.1) is 10.2 Å². The summed E-state index contributed by atoms with van der Waals surface area (Å²) in [7, 11) is 0. The van der Waals surface area contributed by atoms with E-state index in [-0.39, 0.29) is 17.7 Å². The quantitative estimate of drug-likeness (QED) is 0.597. The summed E-state index contributed by atoms with van der Waals surface area (Å²) in [5.74, 6) is 0.744. The molecule has 1 aromatic carbocycles. The van der Waals surface area contributed by atoms with Crippen molar-refractivity contribution in [2.24, 2.45) is 5.92 Å². The first-order valence-corrected chi connectivity index (χ1v) is 10.4. The van der Waals surface area contributed by atoms with E-state index < -0.39 is 0 Å². The normalized spacial score (nSPS) is 12.2. The van der Waals surface area contributed by atoms with E-state index in [4.69, 9.17) is 23.2 Å². The van der Waals surface area contributed by atoms with Crippen LogP contribution in [-0.4, -0.2) is 28.4 Å². The molecular formula is C16H20Cl2N4OS2. The number of rotatable bonds is 8. The topological polar surface area (TPSA) is 66.9 Å². The standard InChI is InChI=1S/C16H20Cl2N4OS2/c1-9(2)7-19-15-21-22-16(25-15)24-8-14(23)20-10(3)11-4-5-12(17)13(18)6-11/h4-6,9-10H,7-8H2,1-3H3,(H,19,21)(H,20,23). The van der Waals surface area contributed by atoms with E-state index in [1.165, 1.54) is 23.1 Å². The van der Waals surface area contributed by atoms with Gasteiger partial charge in [0.1, 0.15) is 0 Å². The van der Waals surface area contributed by atoms with Crippen molar-refractivity contribution in [3.8, 4) is 0 Å². The van der Waals surface area contributed by atoms with Crippen LogP contribution in [0.4, 0.5) is 5.13 Å². The summed E-state index contributed by atoms with van der Waals surface area (Å²) in [4.78, 5) is 12.1. The number of nitrogens with zero attached hydrogens (tertiary/aromatic N) is 2.